The van der Waals surface area contributed by atoms with Crippen LogP contribution >= 0.6 is 58.0 Å². The second-order valence-electron chi connectivity index (χ2n) is 15.1. The van der Waals surface area contributed by atoms with E-state index in [1.165, 1.54) is 68.8 Å². The van der Waals surface area contributed by atoms with Crippen molar-refractivity contribution in [2.45, 2.75) is 51.1 Å². The molecule has 0 spiro atoms. The van der Waals surface area contributed by atoms with Gasteiger partial charge in [-0.2, -0.15) is 20.5 Å². The third-order valence-corrected chi connectivity index (χ3v) is 11.2. The molecule has 5 aromatic carbocycles. The van der Waals surface area contributed by atoms with Gasteiger partial charge in [-0.3, -0.25) is 28.8 Å². The number of Topliss-reactive ketones (excluding diaryl/α,β-unsaturated/α-hetero) is 2. The number of nitrogens with one attached hydrogen (secondary N) is 4. The van der Waals surface area contributed by atoms with E-state index in [0.29, 0.717) is 53.0 Å². The van der Waals surface area contributed by atoms with E-state index in [-0.39, 0.29) is 43.9 Å². The van der Waals surface area contributed by atoms with Crippen LogP contribution in [-0.4, -0.2) is 73.3 Å². The molecular weight excluding hydrogens is 994 g/mol. The van der Waals surface area contributed by atoms with Gasteiger partial charge in [0.05, 0.1) is 52.1 Å². The molecule has 0 aliphatic heterocycles. The maximum Gasteiger partial charge on any atom is 0.258 e. The summed E-state index contributed by atoms with van der Waals surface area (Å²) in [7, 11) is 3.00. The Morgan fingerprint density at radius 3 is 1.42 bits per heavy atom. The van der Waals surface area contributed by atoms with Gasteiger partial charge < -0.3 is 30.7 Å². The summed E-state index contributed by atoms with van der Waals surface area (Å²) in [5.74, 6) is -2.35. The molecule has 21 heteroatoms. The van der Waals surface area contributed by atoms with Crippen molar-refractivity contribution in [3.63, 3.8) is 0 Å². The summed E-state index contributed by atoms with van der Waals surface area (Å²) in [5.41, 5.74) is 3.62. The summed E-state index contributed by atoms with van der Waals surface area (Å²) in [4.78, 5) is 79.0. The number of ketones is 2. The Bertz CT molecular complexity index is 2820. The fourth-order valence-corrected chi connectivity index (χ4v) is 7.51. The molecule has 0 saturated heterocycles. The number of halogens is 5. The Balaban J connectivity index is 1.28. The van der Waals surface area contributed by atoms with Crippen molar-refractivity contribution in [1.29, 1.82) is 0 Å². The SMILES string of the molecule is COc1cc(CCCl)cc(NC(=O)c2cc(N=NC(C(C)=O)C(=O)Nc3ccc(NC(=O)C(N=Nc4ccc(Cl)c(C(=O)Nc5cc(CCCl)cc(OC)c5)c4)C(C)=O)c(C(C)Cl)c3)ccc2Cl)c1. The van der Waals surface area contributed by atoms with Gasteiger partial charge in [0.1, 0.15) is 11.5 Å². The number of hydrogen-bond donors (Lipinski definition) is 4. The summed E-state index contributed by atoms with van der Waals surface area (Å²) in [6, 6.07) is 20.0. The number of benzene rings is 5. The molecule has 0 aliphatic rings. The Labute approximate surface area is 422 Å². The second-order valence-corrected chi connectivity index (χ2v) is 17.3. The number of anilines is 4. The third-order valence-electron chi connectivity index (χ3n) is 9.92. The number of ether oxygens (including phenoxy) is 2. The number of azo groups is 2. The molecule has 4 amide bonds. The van der Waals surface area contributed by atoms with Crippen molar-refractivity contribution in [3.8, 4) is 11.5 Å². The summed E-state index contributed by atoms with van der Waals surface area (Å²) >= 11 is 31.1. The number of alkyl halides is 3. The summed E-state index contributed by atoms with van der Waals surface area (Å²) < 4.78 is 10.7. The van der Waals surface area contributed by atoms with Crippen molar-refractivity contribution >= 4 is 127 Å². The first kappa shape index (κ1) is 53.5. The third kappa shape index (κ3) is 15.0. The zero-order chi connectivity index (χ0) is 50.4. The molecule has 3 atom stereocenters. The predicted octanol–water partition coefficient (Wildman–Crippen LogP) is 11.7. The molecular formula is C48H45Cl5N8O8. The van der Waals surface area contributed by atoms with E-state index in [0.717, 1.165) is 25.0 Å². The van der Waals surface area contributed by atoms with Crippen LogP contribution in [0.4, 0.5) is 34.1 Å². The molecule has 4 N–H and O–H groups in total. The number of carbonyl (C=O) groups excluding carboxylic acids is 6. The molecule has 0 fully saturated rings. The van der Waals surface area contributed by atoms with E-state index in [1.807, 2.05) is 0 Å². The summed E-state index contributed by atoms with van der Waals surface area (Å²) in [5, 5.41) is 26.5. The second kappa shape index (κ2) is 25.3. The molecule has 0 bridgehead atoms. The Morgan fingerprint density at radius 2 is 1.01 bits per heavy atom. The van der Waals surface area contributed by atoms with Crippen LogP contribution in [0.5, 0.6) is 11.5 Å². The van der Waals surface area contributed by atoms with E-state index in [2.05, 4.69) is 41.7 Å². The van der Waals surface area contributed by atoms with Crippen molar-refractivity contribution in [2.75, 3.05) is 47.2 Å². The smallest absolute Gasteiger partial charge is 0.258 e. The largest absolute Gasteiger partial charge is 0.497 e. The number of methoxy groups -OCH3 is 2. The molecule has 5 aromatic rings. The summed E-state index contributed by atoms with van der Waals surface area (Å²) in [6.07, 6.45) is 1.09. The van der Waals surface area contributed by atoms with Crippen LogP contribution in [0.3, 0.4) is 0 Å². The van der Waals surface area contributed by atoms with Crippen LogP contribution < -0.4 is 30.7 Å². The normalized spacial score (nSPS) is 12.5. The van der Waals surface area contributed by atoms with Gasteiger partial charge in [0.2, 0.25) is 12.1 Å². The quantitative estimate of drug-likeness (QED) is 0.0314. The predicted molar refractivity (Wildman–Crippen MR) is 270 cm³/mol. The lowest BCUT2D eigenvalue weighted by atomic mass is 10.1. The molecule has 5 rings (SSSR count). The highest BCUT2D eigenvalue weighted by atomic mass is 35.5. The monoisotopic (exact) mass is 1040 g/mol. The van der Waals surface area contributed by atoms with E-state index in [9.17, 15) is 28.8 Å². The first-order valence-corrected chi connectivity index (χ1v) is 23.1. The zero-order valence-electron chi connectivity index (χ0n) is 37.7. The molecule has 3 unspecified atom stereocenters. The maximum absolute atomic E-state index is 13.5. The van der Waals surface area contributed by atoms with Crippen LogP contribution in [0.1, 0.15) is 63.6 Å². The van der Waals surface area contributed by atoms with Crippen molar-refractivity contribution in [3.05, 3.63) is 129 Å². The Morgan fingerprint density at radius 1 is 0.565 bits per heavy atom. The van der Waals surface area contributed by atoms with Gasteiger partial charge in [-0.1, -0.05) is 23.2 Å². The number of nitrogens with zero attached hydrogens (tertiary/aromatic N) is 4. The summed E-state index contributed by atoms with van der Waals surface area (Å²) in [6.45, 7) is 3.94. The van der Waals surface area contributed by atoms with E-state index in [1.54, 1.807) is 43.3 Å². The van der Waals surface area contributed by atoms with E-state index in [4.69, 9.17) is 67.5 Å². The van der Waals surface area contributed by atoms with Crippen LogP contribution in [0, 0.1) is 0 Å². The lowest BCUT2D eigenvalue weighted by Gasteiger charge is -2.17. The number of rotatable bonds is 21. The highest BCUT2D eigenvalue weighted by Gasteiger charge is 2.27. The molecule has 0 aliphatic carbocycles. The minimum Gasteiger partial charge on any atom is -0.497 e. The maximum atomic E-state index is 13.5. The highest BCUT2D eigenvalue weighted by Crippen LogP contribution is 2.32. The van der Waals surface area contributed by atoms with Crippen LogP contribution in [0.15, 0.2) is 111 Å². The van der Waals surface area contributed by atoms with Gasteiger partial charge in [0.15, 0.2) is 11.6 Å². The molecule has 0 aromatic heterocycles. The number of aryl methyl sites for hydroxylation is 2. The van der Waals surface area contributed by atoms with Gasteiger partial charge in [-0.05, 0) is 129 Å². The van der Waals surface area contributed by atoms with Crippen LogP contribution in [0.2, 0.25) is 10.0 Å². The standard InChI is InChI=1S/C48H45Cl5N8O8/c1-25(51)37-22-30(54-47(66)43(26(2)62)60-58-31-6-9-40(52)38(23-31)45(64)55-33-16-28(12-14-49)18-35(20-33)68-4)8-11-42(37)57-48(67)44(27(3)63)61-59-32-7-10-41(53)39(24-32)46(65)56-34-17-29(13-15-50)19-36(21-34)69-5/h6-11,16-25,43-44H,12-15H2,1-5H3,(H,54,66)(H,55,64)(H,56,65)(H,57,67). The van der Waals surface area contributed by atoms with Gasteiger partial charge in [0, 0.05) is 46.6 Å². The van der Waals surface area contributed by atoms with E-state index < -0.39 is 52.7 Å². The molecule has 0 saturated carbocycles. The highest BCUT2D eigenvalue weighted by molar-refractivity contribution is 6.35. The fourth-order valence-electron chi connectivity index (χ4n) is 6.48. The minimum atomic E-state index is -1.62. The minimum absolute atomic E-state index is 0.0462. The zero-order valence-corrected chi connectivity index (χ0v) is 41.4. The Kier molecular flexibility index (Phi) is 19.6. The number of hydrogen-bond acceptors (Lipinski definition) is 12. The lowest BCUT2D eigenvalue weighted by Crippen LogP contribution is -2.32. The van der Waals surface area contributed by atoms with Crippen molar-refractivity contribution in [2.24, 2.45) is 20.5 Å². The fraction of sp³-hybridized carbons (Fsp3) is 0.250. The van der Waals surface area contributed by atoms with Gasteiger partial charge in [-0.25, -0.2) is 0 Å². The molecule has 360 valence electrons. The van der Waals surface area contributed by atoms with E-state index >= 15 is 0 Å². The number of amides is 4. The average molecular weight is 1040 g/mol. The lowest BCUT2D eigenvalue weighted by molar-refractivity contribution is -0.127. The Hall–Kier alpha value is -6.43. The molecule has 0 heterocycles. The van der Waals surface area contributed by atoms with Gasteiger partial charge >= 0.3 is 0 Å². The topological polar surface area (TPSA) is 218 Å². The first-order chi connectivity index (χ1) is 32.9. The molecule has 16 nitrogen and oxygen atoms in total. The van der Waals surface area contributed by atoms with Gasteiger partial charge in [0.25, 0.3) is 23.6 Å². The van der Waals surface area contributed by atoms with Crippen LogP contribution in [-0.2, 0) is 32.0 Å². The van der Waals surface area contributed by atoms with Crippen molar-refractivity contribution in [1.82, 2.24) is 0 Å². The van der Waals surface area contributed by atoms with Crippen molar-refractivity contribution < 1.29 is 38.2 Å². The molecule has 0 radical (unpaired) electrons. The van der Waals surface area contributed by atoms with Gasteiger partial charge in [-0.15, -0.1) is 34.8 Å². The molecule has 69 heavy (non-hydrogen) atoms. The number of carbonyl (C=O) groups is 6. The average Bonchev–Trinajstić information content (AvgIpc) is 3.30. The van der Waals surface area contributed by atoms with Crippen LogP contribution in [0.25, 0.3) is 0 Å². The first-order valence-electron chi connectivity index (χ1n) is 20.8.